The van der Waals surface area contributed by atoms with Crippen molar-refractivity contribution in [2.75, 3.05) is 38.3 Å². The maximum atomic E-state index is 5.49. The number of anilines is 1. The van der Waals surface area contributed by atoms with Gasteiger partial charge in [0, 0.05) is 24.0 Å². The number of hydrogen-bond donors (Lipinski definition) is 0. The highest BCUT2D eigenvalue weighted by atomic mass is 32.1. The Morgan fingerprint density at radius 1 is 1.12 bits per heavy atom. The predicted octanol–water partition coefficient (Wildman–Crippen LogP) is 3.51. The first kappa shape index (κ1) is 15.4. The van der Waals surface area contributed by atoms with E-state index >= 15 is 0 Å². The van der Waals surface area contributed by atoms with Gasteiger partial charge in [0.15, 0.2) is 0 Å². The predicted molar refractivity (Wildman–Crippen MR) is 97.2 cm³/mol. The molecule has 0 radical (unpaired) electrons. The topological polar surface area (TPSA) is 47.5 Å². The molecule has 3 aromatic rings. The highest BCUT2D eigenvalue weighted by molar-refractivity contribution is 7.17. The van der Waals surface area contributed by atoms with E-state index in [-0.39, 0.29) is 0 Å². The van der Waals surface area contributed by atoms with Crippen LogP contribution < -0.4 is 9.64 Å². The normalized spacial score (nSPS) is 15.0. The molecule has 2 aromatic heterocycles. The van der Waals surface area contributed by atoms with Gasteiger partial charge in [-0.05, 0) is 24.6 Å². The molecule has 0 saturated carbocycles. The molecule has 6 heteroatoms. The molecule has 1 aliphatic rings. The van der Waals surface area contributed by atoms with Crippen molar-refractivity contribution in [1.82, 2.24) is 9.97 Å². The van der Waals surface area contributed by atoms with E-state index < -0.39 is 0 Å². The first-order valence-corrected chi connectivity index (χ1v) is 8.87. The number of benzene rings is 1. The van der Waals surface area contributed by atoms with Gasteiger partial charge in [-0.2, -0.15) is 0 Å². The van der Waals surface area contributed by atoms with E-state index in [9.17, 15) is 0 Å². The van der Waals surface area contributed by atoms with E-state index in [1.165, 1.54) is 5.56 Å². The number of thiophene rings is 1. The first-order chi connectivity index (χ1) is 11.8. The fourth-order valence-electron chi connectivity index (χ4n) is 3.01. The average molecular weight is 341 g/mol. The van der Waals surface area contributed by atoms with Crippen molar-refractivity contribution in [2.24, 2.45) is 0 Å². The summed E-state index contributed by atoms with van der Waals surface area (Å²) in [5.74, 6) is 2.69. The number of hydrogen-bond acceptors (Lipinski definition) is 6. The lowest BCUT2D eigenvalue weighted by Crippen LogP contribution is -2.37. The highest BCUT2D eigenvalue weighted by Crippen LogP contribution is 2.38. The van der Waals surface area contributed by atoms with Gasteiger partial charge in [0.25, 0.3) is 0 Å². The minimum absolute atomic E-state index is 0.743. The molecule has 0 aliphatic carbocycles. The van der Waals surface area contributed by atoms with Gasteiger partial charge in [0.2, 0.25) is 0 Å². The number of rotatable bonds is 3. The van der Waals surface area contributed by atoms with Crippen LogP contribution in [0.1, 0.15) is 5.82 Å². The summed E-state index contributed by atoms with van der Waals surface area (Å²) < 4.78 is 10.8. The lowest BCUT2D eigenvalue weighted by atomic mass is 10.1. The minimum Gasteiger partial charge on any atom is -0.497 e. The van der Waals surface area contributed by atoms with E-state index in [1.807, 2.05) is 19.1 Å². The number of methoxy groups -OCH3 is 1. The van der Waals surface area contributed by atoms with Crippen LogP contribution in [0.3, 0.4) is 0 Å². The second kappa shape index (κ2) is 6.37. The van der Waals surface area contributed by atoms with Crippen LogP contribution in [-0.4, -0.2) is 43.4 Å². The Morgan fingerprint density at radius 3 is 2.58 bits per heavy atom. The zero-order valence-electron chi connectivity index (χ0n) is 13.8. The summed E-state index contributed by atoms with van der Waals surface area (Å²) >= 11 is 1.67. The Hall–Kier alpha value is -2.18. The maximum Gasteiger partial charge on any atom is 0.141 e. The third kappa shape index (κ3) is 2.72. The minimum atomic E-state index is 0.743. The van der Waals surface area contributed by atoms with Crippen LogP contribution in [0.15, 0.2) is 29.6 Å². The summed E-state index contributed by atoms with van der Waals surface area (Å²) in [6.07, 6.45) is 0. The molecule has 0 spiro atoms. The summed E-state index contributed by atoms with van der Waals surface area (Å²) in [5.41, 5.74) is 2.34. The lowest BCUT2D eigenvalue weighted by Gasteiger charge is -2.28. The molecule has 4 rings (SSSR count). The Bertz CT molecular complexity index is 855. The van der Waals surface area contributed by atoms with E-state index in [2.05, 4.69) is 27.4 Å². The van der Waals surface area contributed by atoms with Crippen molar-refractivity contribution in [3.05, 3.63) is 35.5 Å². The second-order valence-electron chi connectivity index (χ2n) is 5.75. The number of fused-ring (bicyclic) bond motifs is 1. The van der Waals surface area contributed by atoms with Gasteiger partial charge in [0.05, 0.1) is 25.7 Å². The third-order valence-corrected chi connectivity index (χ3v) is 5.11. The Kier molecular flexibility index (Phi) is 4.08. The molecule has 0 N–H and O–H groups in total. The standard InChI is InChI=1S/C18H19N3O2S/c1-12-19-17(21-7-9-23-10-8-21)16-15(11-24-18(16)20-12)13-3-5-14(22-2)6-4-13/h3-6,11H,7-10H2,1-2H3. The zero-order valence-corrected chi connectivity index (χ0v) is 14.6. The summed E-state index contributed by atoms with van der Waals surface area (Å²) in [4.78, 5) is 12.7. The molecule has 0 unspecified atom stereocenters. The van der Waals surface area contributed by atoms with Crippen LogP contribution in [0.2, 0.25) is 0 Å². The Balaban J connectivity index is 1.86. The van der Waals surface area contributed by atoms with E-state index in [0.717, 1.165) is 59.5 Å². The third-order valence-electron chi connectivity index (χ3n) is 4.24. The molecular formula is C18H19N3O2S. The molecule has 124 valence electrons. The molecule has 5 nitrogen and oxygen atoms in total. The fraction of sp³-hybridized carbons (Fsp3) is 0.333. The highest BCUT2D eigenvalue weighted by Gasteiger charge is 2.20. The zero-order chi connectivity index (χ0) is 16.5. The van der Waals surface area contributed by atoms with Gasteiger partial charge >= 0.3 is 0 Å². The number of morpholine rings is 1. The number of aromatic nitrogens is 2. The van der Waals surface area contributed by atoms with Crippen LogP contribution in [0.5, 0.6) is 5.75 Å². The average Bonchev–Trinajstić information content (AvgIpc) is 3.05. The summed E-state index contributed by atoms with van der Waals surface area (Å²) in [7, 11) is 1.68. The molecule has 1 saturated heterocycles. The van der Waals surface area contributed by atoms with Crippen LogP contribution in [-0.2, 0) is 4.74 Å². The van der Waals surface area contributed by atoms with Crippen LogP contribution >= 0.6 is 11.3 Å². The smallest absolute Gasteiger partial charge is 0.141 e. The summed E-state index contributed by atoms with van der Waals surface area (Å²) in [6, 6.07) is 8.15. The fourth-order valence-corrected chi connectivity index (χ4v) is 4.00. The van der Waals surface area contributed by atoms with E-state index in [1.54, 1.807) is 18.4 Å². The maximum absolute atomic E-state index is 5.49. The van der Waals surface area contributed by atoms with E-state index in [4.69, 9.17) is 14.5 Å². The molecule has 0 bridgehead atoms. The van der Waals surface area contributed by atoms with Crippen LogP contribution in [0.4, 0.5) is 5.82 Å². The Morgan fingerprint density at radius 2 is 1.88 bits per heavy atom. The SMILES string of the molecule is COc1ccc(-c2csc3nc(C)nc(N4CCOCC4)c23)cc1. The second-order valence-corrected chi connectivity index (χ2v) is 6.61. The molecule has 1 fully saturated rings. The van der Waals surface area contributed by atoms with Crippen molar-refractivity contribution >= 4 is 27.4 Å². The molecule has 3 heterocycles. The summed E-state index contributed by atoms with van der Waals surface area (Å²) in [6.45, 7) is 5.17. The quantitative estimate of drug-likeness (QED) is 0.729. The number of aryl methyl sites for hydroxylation is 1. The van der Waals surface area contributed by atoms with Crippen molar-refractivity contribution in [2.45, 2.75) is 6.92 Å². The van der Waals surface area contributed by atoms with Gasteiger partial charge in [-0.3, -0.25) is 0 Å². The first-order valence-electron chi connectivity index (χ1n) is 7.99. The molecule has 0 amide bonds. The van der Waals surface area contributed by atoms with Gasteiger partial charge in [-0.25, -0.2) is 9.97 Å². The Labute approximate surface area is 144 Å². The molecule has 1 aromatic carbocycles. The van der Waals surface area contributed by atoms with Crippen LogP contribution in [0, 0.1) is 6.92 Å². The van der Waals surface area contributed by atoms with Crippen LogP contribution in [0.25, 0.3) is 21.3 Å². The van der Waals surface area contributed by atoms with Crippen molar-refractivity contribution in [3.63, 3.8) is 0 Å². The van der Waals surface area contributed by atoms with Crippen molar-refractivity contribution in [3.8, 4) is 16.9 Å². The molecule has 24 heavy (non-hydrogen) atoms. The molecule has 1 aliphatic heterocycles. The van der Waals surface area contributed by atoms with Crippen molar-refractivity contribution in [1.29, 1.82) is 0 Å². The van der Waals surface area contributed by atoms with Crippen molar-refractivity contribution < 1.29 is 9.47 Å². The largest absolute Gasteiger partial charge is 0.497 e. The number of nitrogens with zero attached hydrogens (tertiary/aromatic N) is 3. The van der Waals surface area contributed by atoms with Gasteiger partial charge < -0.3 is 14.4 Å². The monoisotopic (exact) mass is 341 g/mol. The van der Waals surface area contributed by atoms with Gasteiger partial charge in [-0.1, -0.05) is 12.1 Å². The van der Waals surface area contributed by atoms with Gasteiger partial charge in [0.1, 0.15) is 22.2 Å². The van der Waals surface area contributed by atoms with Gasteiger partial charge in [-0.15, -0.1) is 11.3 Å². The number of ether oxygens (including phenoxy) is 2. The van der Waals surface area contributed by atoms with E-state index in [0.29, 0.717) is 0 Å². The molecular weight excluding hydrogens is 322 g/mol. The molecule has 0 atom stereocenters. The summed E-state index contributed by atoms with van der Waals surface area (Å²) in [5, 5.41) is 3.31. The lowest BCUT2D eigenvalue weighted by molar-refractivity contribution is 0.122.